The number of rotatable bonds is 6. The molecule has 1 fully saturated rings. The molecule has 170 valence electrons. The summed E-state index contributed by atoms with van der Waals surface area (Å²) in [6.07, 6.45) is 4.77. The summed E-state index contributed by atoms with van der Waals surface area (Å²) < 4.78 is 29.8. The number of anilines is 2. The summed E-state index contributed by atoms with van der Waals surface area (Å²) in [5.74, 6) is -2.35. The average molecular weight is 476 g/mol. The Morgan fingerprint density at radius 1 is 1.30 bits per heavy atom. The lowest BCUT2D eigenvalue weighted by Gasteiger charge is -2.13. The molecule has 13 heteroatoms. The highest BCUT2D eigenvalue weighted by molar-refractivity contribution is 6.36. The van der Waals surface area contributed by atoms with E-state index >= 15 is 4.39 Å². The highest BCUT2D eigenvalue weighted by Gasteiger charge is 2.43. The van der Waals surface area contributed by atoms with Gasteiger partial charge in [0.2, 0.25) is 11.8 Å². The van der Waals surface area contributed by atoms with Crippen molar-refractivity contribution in [2.45, 2.75) is 19.0 Å². The minimum atomic E-state index is -1.12. The van der Waals surface area contributed by atoms with Gasteiger partial charge in [-0.3, -0.25) is 19.7 Å². The first-order valence-corrected chi connectivity index (χ1v) is 10.3. The molecular weight excluding hydrogens is 460 g/mol. The first kappa shape index (κ1) is 21.2. The van der Waals surface area contributed by atoms with Crippen LogP contribution in [-0.4, -0.2) is 54.3 Å². The molecule has 0 saturated heterocycles. The largest absolute Gasteiger partial charge is 0.396 e. The van der Waals surface area contributed by atoms with E-state index in [1.807, 2.05) is 0 Å². The number of hydrogen-bond acceptors (Lipinski definition) is 6. The molecule has 3 aromatic heterocycles. The van der Waals surface area contributed by atoms with Crippen LogP contribution in [0.1, 0.15) is 12.8 Å². The van der Waals surface area contributed by atoms with Crippen LogP contribution < -0.4 is 10.6 Å². The molecule has 4 aromatic rings. The number of nitrogens with zero attached hydrogens (tertiary/aromatic N) is 4. The maximum absolute atomic E-state index is 15.1. The molecule has 2 amide bonds. The van der Waals surface area contributed by atoms with Gasteiger partial charge in [0.05, 0.1) is 53.8 Å². The molecule has 0 spiro atoms. The maximum Gasteiger partial charge on any atom is 0.231 e. The highest BCUT2D eigenvalue weighted by Crippen LogP contribution is 2.40. The van der Waals surface area contributed by atoms with E-state index in [0.29, 0.717) is 11.0 Å². The number of imidazole rings is 1. The van der Waals surface area contributed by atoms with E-state index in [4.69, 9.17) is 16.7 Å². The number of alkyl halides is 1. The molecule has 0 unspecified atom stereocenters. The van der Waals surface area contributed by atoms with Gasteiger partial charge in [-0.25, -0.2) is 13.8 Å². The monoisotopic (exact) mass is 475 g/mol. The smallest absolute Gasteiger partial charge is 0.231 e. The summed E-state index contributed by atoms with van der Waals surface area (Å²) in [6, 6.07) is 0. The normalized spacial score (nSPS) is 17.5. The second-order valence-corrected chi connectivity index (χ2v) is 7.95. The Labute approximate surface area is 189 Å². The van der Waals surface area contributed by atoms with Gasteiger partial charge in [0, 0.05) is 17.1 Å². The quantitative estimate of drug-likeness (QED) is 0.338. The summed E-state index contributed by atoms with van der Waals surface area (Å²) in [6.45, 7) is -0.391. The van der Waals surface area contributed by atoms with E-state index in [9.17, 15) is 14.0 Å². The van der Waals surface area contributed by atoms with Gasteiger partial charge >= 0.3 is 0 Å². The van der Waals surface area contributed by atoms with E-state index in [1.54, 1.807) is 10.6 Å². The Morgan fingerprint density at radius 3 is 2.82 bits per heavy atom. The SMILES string of the molecule is O=C(CCO)Nc1c(F)c(Cl)c(-c2cn3cc(NC(=O)[C@H]4C[C@@H]4F)nc3cn2)c2cn[nH]c12. The third kappa shape index (κ3) is 3.76. The van der Waals surface area contributed by atoms with Gasteiger partial charge in [0.25, 0.3) is 0 Å². The second-order valence-electron chi connectivity index (χ2n) is 7.57. The summed E-state index contributed by atoms with van der Waals surface area (Å²) in [7, 11) is 0. The third-order valence-electron chi connectivity index (χ3n) is 5.29. The number of halogens is 3. The number of amides is 2. The van der Waals surface area contributed by atoms with Crippen LogP contribution in [0.3, 0.4) is 0 Å². The molecule has 0 radical (unpaired) electrons. The van der Waals surface area contributed by atoms with Crippen molar-refractivity contribution >= 4 is 51.5 Å². The first-order valence-electron chi connectivity index (χ1n) is 9.92. The number of carbonyl (C=O) groups is 2. The standard InChI is InChI=1S/C20H16ClF2N7O3/c21-16-15(9-4-25-29-18(9)19(17(16)23)28-14(32)1-2-31)11-6-30-7-12(26-13(30)5-24-11)27-20(33)8-3-10(8)22/h4-8,10,31H,1-3H2,(H,25,29)(H,27,33)(H,28,32)/t8-,10-/m0/s1. The van der Waals surface area contributed by atoms with E-state index in [1.165, 1.54) is 18.6 Å². The predicted octanol–water partition coefficient (Wildman–Crippen LogP) is 2.68. The average Bonchev–Trinajstić information content (AvgIpc) is 3.15. The van der Waals surface area contributed by atoms with Crippen molar-refractivity contribution in [3.63, 3.8) is 0 Å². The van der Waals surface area contributed by atoms with Gasteiger partial charge in [-0.1, -0.05) is 11.6 Å². The predicted molar refractivity (Wildman–Crippen MR) is 115 cm³/mol. The molecule has 4 N–H and O–H groups in total. The number of fused-ring (bicyclic) bond motifs is 2. The second kappa shape index (κ2) is 8.05. The van der Waals surface area contributed by atoms with Gasteiger partial charge in [-0.05, 0) is 6.42 Å². The van der Waals surface area contributed by atoms with Crippen LogP contribution in [0.2, 0.25) is 5.02 Å². The number of H-pyrrole nitrogens is 1. The molecule has 1 aromatic carbocycles. The lowest BCUT2D eigenvalue weighted by molar-refractivity contribution is -0.118. The minimum Gasteiger partial charge on any atom is -0.396 e. The number of aromatic nitrogens is 5. The summed E-state index contributed by atoms with van der Waals surface area (Å²) in [5.41, 5.74) is 0.929. The molecule has 1 saturated carbocycles. The molecule has 0 aliphatic heterocycles. The fraction of sp³-hybridized carbons (Fsp3) is 0.250. The number of aliphatic hydroxyl groups excluding tert-OH is 1. The third-order valence-corrected chi connectivity index (χ3v) is 5.65. The molecule has 2 atom stereocenters. The topological polar surface area (TPSA) is 137 Å². The summed E-state index contributed by atoms with van der Waals surface area (Å²) >= 11 is 6.34. The Morgan fingerprint density at radius 2 is 2.09 bits per heavy atom. The number of nitrogens with one attached hydrogen (secondary N) is 3. The molecule has 33 heavy (non-hydrogen) atoms. The van der Waals surface area contributed by atoms with Crippen LogP contribution in [0.4, 0.5) is 20.3 Å². The Hall–Kier alpha value is -3.64. The zero-order chi connectivity index (χ0) is 23.3. The van der Waals surface area contributed by atoms with Gasteiger partial charge < -0.3 is 20.1 Å². The van der Waals surface area contributed by atoms with Crippen LogP contribution in [0, 0.1) is 11.7 Å². The number of carbonyl (C=O) groups excluding carboxylic acids is 2. The van der Waals surface area contributed by atoms with E-state index in [0.717, 1.165) is 0 Å². The number of aromatic amines is 1. The Balaban J connectivity index is 1.54. The molecular formula is C20H16ClF2N7O3. The fourth-order valence-corrected chi connectivity index (χ4v) is 3.82. The van der Waals surface area contributed by atoms with Crippen molar-refractivity contribution in [2.75, 3.05) is 17.2 Å². The molecule has 3 heterocycles. The lowest BCUT2D eigenvalue weighted by atomic mass is 10.1. The van der Waals surface area contributed by atoms with Gasteiger partial charge in [0.15, 0.2) is 17.3 Å². The van der Waals surface area contributed by atoms with Crippen molar-refractivity contribution < 1.29 is 23.5 Å². The minimum absolute atomic E-state index is 0.186. The summed E-state index contributed by atoms with van der Waals surface area (Å²) in [5, 5.41) is 20.6. The van der Waals surface area contributed by atoms with Crippen LogP contribution in [0.15, 0.2) is 24.8 Å². The first-order chi connectivity index (χ1) is 15.9. The molecule has 1 aliphatic carbocycles. The van der Waals surface area contributed by atoms with Crippen LogP contribution in [0.5, 0.6) is 0 Å². The van der Waals surface area contributed by atoms with Crippen molar-refractivity contribution in [1.29, 1.82) is 0 Å². The van der Waals surface area contributed by atoms with Crippen molar-refractivity contribution in [2.24, 2.45) is 5.92 Å². The lowest BCUT2D eigenvalue weighted by Crippen LogP contribution is -2.15. The van der Waals surface area contributed by atoms with Crippen molar-refractivity contribution in [3.8, 4) is 11.3 Å². The zero-order valence-corrected chi connectivity index (χ0v) is 17.5. The maximum atomic E-state index is 15.1. The van der Waals surface area contributed by atoms with Crippen molar-refractivity contribution in [1.82, 2.24) is 24.6 Å². The molecule has 10 nitrogen and oxygen atoms in total. The van der Waals surface area contributed by atoms with Crippen molar-refractivity contribution in [3.05, 3.63) is 35.6 Å². The van der Waals surface area contributed by atoms with E-state index in [2.05, 4.69) is 30.8 Å². The molecule has 1 aliphatic rings. The zero-order valence-electron chi connectivity index (χ0n) is 16.8. The van der Waals surface area contributed by atoms with Crippen LogP contribution >= 0.6 is 11.6 Å². The molecule has 5 rings (SSSR count). The van der Waals surface area contributed by atoms with Gasteiger partial charge in [-0.2, -0.15) is 5.10 Å². The Kier molecular flexibility index (Phi) is 5.17. The van der Waals surface area contributed by atoms with Gasteiger partial charge in [-0.15, -0.1) is 0 Å². The number of hydrogen-bond donors (Lipinski definition) is 4. The van der Waals surface area contributed by atoms with E-state index in [-0.39, 0.29) is 46.1 Å². The summed E-state index contributed by atoms with van der Waals surface area (Å²) in [4.78, 5) is 32.4. The van der Waals surface area contributed by atoms with Gasteiger partial charge in [0.1, 0.15) is 11.9 Å². The highest BCUT2D eigenvalue weighted by atomic mass is 35.5. The number of aliphatic hydroxyl groups is 1. The van der Waals surface area contributed by atoms with E-state index < -0.39 is 36.3 Å². The fourth-order valence-electron chi connectivity index (χ4n) is 3.53. The Bertz CT molecular complexity index is 1420. The molecule has 0 bridgehead atoms. The van der Waals surface area contributed by atoms with Crippen LogP contribution in [0.25, 0.3) is 27.8 Å². The number of benzene rings is 1. The van der Waals surface area contributed by atoms with Crippen LogP contribution in [-0.2, 0) is 9.59 Å².